The second-order valence-corrected chi connectivity index (χ2v) is 3.72. The Morgan fingerprint density at radius 3 is 2.18 bits per heavy atom. The molecule has 0 radical (unpaired) electrons. The van der Waals surface area contributed by atoms with Crippen LogP contribution in [-0.2, 0) is 14.3 Å². The van der Waals surface area contributed by atoms with E-state index in [2.05, 4.69) is 4.74 Å². The van der Waals surface area contributed by atoms with Gasteiger partial charge in [-0.1, -0.05) is 6.07 Å². The lowest BCUT2D eigenvalue weighted by molar-refractivity contribution is -0.163. The summed E-state index contributed by atoms with van der Waals surface area (Å²) in [5, 5.41) is 0. The highest BCUT2D eigenvalue weighted by molar-refractivity contribution is 5.89. The van der Waals surface area contributed by atoms with Gasteiger partial charge in [0.25, 0.3) is 0 Å². The second-order valence-electron chi connectivity index (χ2n) is 3.72. The number of ether oxygens (including phenoxy) is 1. The van der Waals surface area contributed by atoms with Crippen molar-refractivity contribution >= 4 is 11.9 Å². The molecule has 0 N–H and O–H groups in total. The van der Waals surface area contributed by atoms with E-state index in [1.54, 1.807) is 0 Å². The Hall–Kier alpha value is -1.85. The Balaban J connectivity index is 2.37. The van der Waals surface area contributed by atoms with Crippen LogP contribution in [-0.4, -0.2) is 11.9 Å². The SMILES string of the molecule is O=C1CC(c2ccc(F)c(F)c2F)CC(=O)O1. The Bertz CT molecular complexity index is 483. The van der Waals surface area contributed by atoms with Crippen molar-refractivity contribution in [2.75, 3.05) is 0 Å². The molecule has 0 saturated carbocycles. The molecule has 0 aliphatic carbocycles. The van der Waals surface area contributed by atoms with Crippen molar-refractivity contribution in [1.29, 1.82) is 0 Å². The lowest BCUT2D eigenvalue weighted by atomic mass is 9.90. The average Bonchev–Trinajstić information content (AvgIpc) is 2.24. The molecule has 6 heteroatoms. The van der Waals surface area contributed by atoms with Crippen LogP contribution < -0.4 is 0 Å². The van der Waals surface area contributed by atoms with Gasteiger partial charge in [-0.15, -0.1) is 0 Å². The molecular formula is C11H7F3O3. The van der Waals surface area contributed by atoms with Crippen LogP contribution >= 0.6 is 0 Å². The highest BCUT2D eigenvalue weighted by atomic mass is 19.2. The molecule has 1 aromatic rings. The number of halogens is 3. The van der Waals surface area contributed by atoms with Gasteiger partial charge < -0.3 is 4.74 Å². The molecule has 0 amide bonds. The van der Waals surface area contributed by atoms with Gasteiger partial charge in [-0.25, -0.2) is 13.2 Å². The van der Waals surface area contributed by atoms with Gasteiger partial charge in [0.15, 0.2) is 17.5 Å². The minimum absolute atomic E-state index is 0.186. The number of carbonyl (C=O) groups is 2. The lowest BCUT2D eigenvalue weighted by Gasteiger charge is -2.20. The Morgan fingerprint density at radius 1 is 1.00 bits per heavy atom. The van der Waals surface area contributed by atoms with Crippen LogP contribution in [0.25, 0.3) is 0 Å². The van der Waals surface area contributed by atoms with E-state index < -0.39 is 35.3 Å². The molecule has 0 bridgehead atoms. The molecule has 1 aliphatic rings. The fourth-order valence-corrected chi connectivity index (χ4v) is 1.76. The van der Waals surface area contributed by atoms with Gasteiger partial charge in [-0.3, -0.25) is 9.59 Å². The minimum Gasteiger partial charge on any atom is -0.393 e. The van der Waals surface area contributed by atoms with E-state index in [0.29, 0.717) is 0 Å². The minimum atomic E-state index is -1.60. The molecule has 1 aromatic carbocycles. The maximum atomic E-state index is 13.4. The summed E-state index contributed by atoms with van der Waals surface area (Å²) >= 11 is 0. The molecule has 90 valence electrons. The summed E-state index contributed by atoms with van der Waals surface area (Å²) < 4.78 is 43.4. The van der Waals surface area contributed by atoms with Gasteiger partial charge in [0.1, 0.15) is 0 Å². The summed E-state index contributed by atoms with van der Waals surface area (Å²) in [5.74, 6) is -6.67. The predicted molar refractivity (Wildman–Crippen MR) is 49.4 cm³/mol. The topological polar surface area (TPSA) is 43.4 Å². The van der Waals surface area contributed by atoms with E-state index >= 15 is 0 Å². The van der Waals surface area contributed by atoms with Gasteiger partial charge >= 0.3 is 11.9 Å². The lowest BCUT2D eigenvalue weighted by Crippen LogP contribution is -2.25. The average molecular weight is 244 g/mol. The van der Waals surface area contributed by atoms with E-state index in [9.17, 15) is 22.8 Å². The smallest absolute Gasteiger partial charge is 0.314 e. The molecule has 0 unspecified atom stereocenters. The first-order valence-electron chi connectivity index (χ1n) is 4.86. The molecule has 0 atom stereocenters. The Morgan fingerprint density at radius 2 is 1.59 bits per heavy atom. The molecule has 0 aromatic heterocycles. The third kappa shape index (κ3) is 2.15. The largest absolute Gasteiger partial charge is 0.393 e. The van der Waals surface area contributed by atoms with E-state index in [-0.39, 0.29) is 18.4 Å². The monoisotopic (exact) mass is 244 g/mol. The number of hydrogen-bond donors (Lipinski definition) is 0. The summed E-state index contributed by atoms with van der Waals surface area (Å²) in [7, 11) is 0. The van der Waals surface area contributed by atoms with Crippen molar-refractivity contribution in [3.05, 3.63) is 35.1 Å². The van der Waals surface area contributed by atoms with Crippen LogP contribution in [0.3, 0.4) is 0 Å². The molecule has 1 aliphatic heterocycles. The molecule has 17 heavy (non-hydrogen) atoms. The van der Waals surface area contributed by atoms with Crippen molar-refractivity contribution in [1.82, 2.24) is 0 Å². The van der Waals surface area contributed by atoms with E-state index in [1.807, 2.05) is 0 Å². The zero-order valence-corrected chi connectivity index (χ0v) is 8.50. The van der Waals surface area contributed by atoms with Crippen molar-refractivity contribution in [2.45, 2.75) is 18.8 Å². The molecular weight excluding hydrogens is 237 g/mol. The quantitative estimate of drug-likeness (QED) is 0.431. The number of hydrogen-bond acceptors (Lipinski definition) is 3. The first-order chi connectivity index (χ1) is 7.99. The highest BCUT2D eigenvalue weighted by Crippen LogP contribution is 2.31. The van der Waals surface area contributed by atoms with Gasteiger partial charge in [-0.05, 0) is 11.6 Å². The van der Waals surface area contributed by atoms with Crippen molar-refractivity contribution in [3.63, 3.8) is 0 Å². The van der Waals surface area contributed by atoms with E-state index in [1.165, 1.54) is 0 Å². The number of esters is 2. The first-order valence-corrected chi connectivity index (χ1v) is 4.86. The van der Waals surface area contributed by atoms with Crippen molar-refractivity contribution < 1.29 is 27.5 Å². The number of cyclic esters (lactones) is 2. The predicted octanol–water partition coefficient (Wildman–Crippen LogP) is 2.05. The van der Waals surface area contributed by atoms with Gasteiger partial charge in [-0.2, -0.15) is 0 Å². The maximum absolute atomic E-state index is 13.4. The zero-order chi connectivity index (χ0) is 12.6. The maximum Gasteiger partial charge on any atom is 0.314 e. The molecule has 1 saturated heterocycles. The molecule has 2 rings (SSSR count). The fraction of sp³-hybridized carbons (Fsp3) is 0.273. The number of carbonyl (C=O) groups excluding carboxylic acids is 2. The molecule has 1 fully saturated rings. The zero-order valence-electron chi connectivity index (χ0n) is 8.50. The second kappa shape index (κ2) is 4.20. The Labute approximate surface area is 94.2 Å². The third-order valence-electron chi connectivity index (χ3n) is 2.56. The van der Waals surface area contributed by atoms with Gasteiger partial charge in [0.05, 0.1) is 12.8 Å². The van der Waals surface area contributed by atoms with Crippen LogP contribution in [0.5, 0.6) is 0 Å². The number of rotatable bonds is 1. The summed E-state index contributed by atoms with van der Waals surface area (Å²) in [4.78, 5) is 22.0. The van der Waals surface area contributed by atoms with Crippen LogP contribution in [0, 0.1) is 17.5 Å². The van der Waals surface area contributed by atoms with E-state index in [0.717, 1.165) is 12.1 Å². The van der Waals surface area contributed by atoms with Crippen LogP contribution in [0.1, 0.15) is 24.3 Å². The van der Waals surface area contributed by atoms with E-state index in [4.69, 9.17) is 0 Å². The first kappa shape index (κ1) is 11.6. The van der Waals surface area contributed by atoms with Gasteiger partial charge in [0, 0.05) is 5.92 Å². The summed E-state index contributed by atoms with van der Waals surface area (Å²) in [6.07, 6.45) is -0.457. The van der Waals surface area contributed by atoms with Crippen LogP contribution in [0.4, 0.5) is 13.2 Å². The normalized spacial score (nSPS) is 17.1. The Kier molecular flexibility index (Phi) is 2.87. The molecule has 3 nitrogen and oxygen atoms in total. The standard InChI is InChI=1S/C11H7F3O3/c12-7-2-1-6(10(13)11(7)14)5-3-8(15)17-9(16)4-5/h1-2,5H,3-4H2. The summed E-state index contributed by atoms with van der Waals surface area (Å²) in [6.45, 7) is 0. The van der Waals surface area contributed by atoms with Crippen LogP contribution in [0.2, 0.25) is 0 Å². The number of benzene rings is 1. The van der Waals surface area contributed by atoms with Crippen LogP contribution in [0.15, 0.2) is 12.1 Å². The van der Waals surface area contributed by atoms with Crippen molar-refractivity contribution in [2.24, 2.45) is 0 Å². The summed E-state index contributed by atoms with van der Waals surface area (Å²) in [6, 6.07) is 1.79. The van der Waals surface area contributed by atoms with Crippen molar-refractivity contribution in [3.8, 4) is 0 Å². The third-order valence-corrected chi connectivity index (χ3v) is 2.56. The fourth-order valence-electron chi connectivity index (χ4n) is 1.76. The molecule has 1 heterocycles. The molecule has 0 spiro atoms. The highest BCUT2D eigenvalue weighted by Gasteiger charge is 2.31. The summed E-state index contributed by atoms with van der Waals surface area (Å²) in [5.41, 5.74) is -0.186. The van der Waals surface area contributed by atoms with Gasteiger partial charge in [0.2, 0.25) is 0 Å².